The lowest BCUT2D eigenvalue weighted by atomic mass is 10.0. The van der Waals surface area contributed by atoms with Crippen LogP contribution in [0, 0.1) is 6.92 Å². The zero-order valence-corrected chi connectivity index (χ0v) is 22.0. The molecule has 37 heavy (non-hydrogen) atoms. The Kier molecular flexibility index (Phi) is 8.21. The summed E-state index contributed by atoms with van der Waals surface area (Å²) in [6, 6.07) is 16.1. The molecule has 190 valence electrons. The van der Waals surface area contributed by atoms with Crippen LogP contribution in [0.5, 0.6) is 11.5 Å². The molecule has 4 rings (SSSR count). The molecule has 0 spiro atoms. The summed E-state index contributed by atoms with van der Waals surface area (Å²) in [7, 11) is 1.54. The molecule has 8 heteroatoms. The van der Waals surface area contributed by atoms with Crippen molar-refractivity contribution >= 4 is 41.2 Å². The van der Waals surface area contributed by atoms with Crippen LogP contribution in [0.4, 0.5) is 4.79 Å². The van der Waals surface area contributed by atoms with Crippen LogP contribution in [-0.2, 0) is 24.4 Å². The lowest BCUT2D eigenvalue weighted by Gasteiger charge is -2.16. The molecule has 0 radical (unpaired) electrons. The molecule has 1 saturated heterocycles. The Balaban J connectivity index is 1.60. The van der Waals surface area contributed by atoms with Crippen molar-refractivity contribution in [2.75, 3.05) is 7.11 Å². The van der Waals surface area contributed by atoms with Gasteiger partial charge in [0.05, 0.1) is 13.7 Å². The minimum atomic E-state index is -0.462. The average molecular weight is 537 g/mol. The molecule has 0 bridgehead atoms. The van der Waals surface area contributed by atoms with Crippen LogP contribution >= 0.6 is 23.2 Å². The molecule has 1 fully saturated rings. The van der Waals surface area contributed by atoms with Gasteiger partial charge < -0.3 is 14.8 Å². The topological polar surface area (TPSA) is 67.9 Å². The fraction of sp³-hybridized carbons (Fsp3) is 0.172. The van der Waals surface area contributed by atoms with E-state index in [9.17, 15) is 9.59 Å². The molecule has 1 aliphatic heterocycles. The lowest BCUT2D eigenvalue weighted by Crippen LogP contribution is -2.30. The van der Waals surface area contributed by atoms with Crippen molar-refractivity contribution in [2.24, 2.45) is 0 Å². The summed E-state index contributed by atoms with van der Waals surface area (Å²) >= 11 is 12.3. The Morgan fingerprint density at radius 1 is 1.05 bits per heavy atom. The molecular weight excluding hydrogens is 511 g/mol. The first-order valence-corrected chi connectivity index (χ1v) is 12.3. The highest BCUT2D eigenvalue weighted by Crippen LogP contribution is 2.36. The van der Waals surface area contributed by atoms with E-state index < -0.39 is 11.9 Å². The second-order valence-corrected chi connectivity index (χ2v) is 9.44. The van der Waals surface area contributed by atoms with Gasteiger partial charge in [0, 0.05) is 21.2 Å². The number of methoxy groups -OCH3 is 1. The number of halogens is 2. The van der Waals surface area contributed by atoms with Gasteiger partial charge in [-0.05, 0) is 54.8 Å². The Bertz CT molecular complexity index is 1400. The zero-order chi connectivity index (χ0) is 26.5. The summed E-state index contributed by atoms with van der Waals surface area (Å²) in [6.07, 6.45) is 3.88. The minimum Gasteiger partial charge on any atom is -0.493 e. The van der Waals surface area contributed by atoms with Crippen molar-refractivity contribution in [1.29, 1.82) is 0 Å². The van der Waals surface area contributed by atoms with Crippen molar-refractivity contribution in [3.63, 3.8) is 0 Å². The maximum Gasteiger partial charge on any atom is 0.329 e. The van der Waals surface area contributed by atoms with Gasteiger partial charge in [-0.1, -0.05) is 65.2 Å². The Hall–Kier alpha value is -3.74. The van der Waals surface area contributed by atoms with Crippen molar-refractivity contribution in [3.8, 4) is 11.5 Å². The molecule has 3 aromatic rings. The van der Waals surface area contributed by atoms with E-state index in [2.05, 4.69) is 11.9 Å². The van der Waals surface area contributed by atoms with E-state index in [1.165, 1.54) is 12.0 Å². The number of imide groups is 1. The number of nitrogens with zero attached hydrogens (tertiary/aromatic N) is 1. The molecule has 0 aliphatic carbocycles. The van der Waals surface area contributed by atoms with E-state index in [-0.39, 0.29) is 18.8 Å². The van der Waals surface area contributed by atoms with Gasteiger partial charge >= 0.3 is 6.03 Å². The van der Waals surface area contributed by atoms with E-state index in [1.807, 2.05) is 37.3 Å². The highest BCUT2D eigenvalue weighted by molar-refractivity contribution is 6.35. The SMILES string of the molecule is C=CCc1cc(/C=C2/NC(=O)N(Cc3cccc(C)c3)C2=O)cc(OC)c1OCc1ccc(Cl)cc1Cl. The number of amides is 3. The third-order valence-corrected chi connectivity index (χ3v) is 6.41. The molecule has 1 aliphatic rings. The van der Waals surface area contributed by atoms with Gasteiger partial charge in [0.1, 0.15) is 12.3 Å². The number of carbonyl (C=O) groups excluding carboxylic acids is 2. The Morgan fingerprint density at radius 2 is 1.86 bits per heavy atom. The molecule has 0 saturated carbocycles. The summed E-state index contributed by atoms with van der Waals surface area (Å²) in [4.78, 5) is 26.8. The zero-order valence-electron chi connectivity index (χ0n) is 20.5. The van der Waals surface area contributed by atoms with Crippen LogP contribution < -0.4 is 14.8 Å². The molecular formula is C29H26Cl2N2O4. The number of hydrogen-bond acceptors (Lipinski definition) is 4. The number of nitrogens with one attached hydrogen (secondary N) is 1. The van der Waals surface area contributed by atoms with Gasteiger partial charge in [0.15, 0.2) is 11.5 Å². The van der Waals surface area contributed by atoms with Crippen molar-refractivity contribution in [2.45, 2.75) is 26.5 Å². The van der Waals surface area contributed by atoms with Gasteiger partial charge in [0.2, 0.25) is 0 Å². The van der Waals surface area contributed by atoms with Crippen molar-refractivity contribution < 1.29 is 19.1 Å². The monoisotopic (exact) mass is 536 g/mol. The van der Waals surface area contributed by atoms with Crippen LogP contribution in [0.25, 0.3) is 6.08 Å². The largest absolute Gasteiger partial charge is 0.493 e. The predicted octanol–water partition coefficient (Wildman–Crippen LogP) is 6.71. The molecule has 3 aromatic carbocycles. The van der Waals surface area contributed by atoms with Gasteiger partial charge in [-0.15, -0.1) is 6.58 Å². The van der Waals surface area contributed by atoms with Crippen LogP contribution in [0.2, 0.25) is 10.0 Å². The minimum absolute atomic E-state index is 0.186. The van der Waals surface area contributed by atoms with Crippen LogP contribution in [0.1, 0.15) is 27.8 Å². The highest BCUT2D eigenvalue weighted by atomic mass is 35.5. The quantitative estimate of drug-likeness (QED) is 0.187. The summed E-state index contributed by atoms with van der Waals surface area (Å²) < 4.78 is 11.7. The van der Waals surface area contributed by atoms with Gasteiger partial charge in [0.25, 0.3) is 5.91 Å². The highest BCUT2D eigenvalue weighted by Gasteiger charge is 2.33. The maximum absolute atomic E-state index is 13.0. The number of urea groups is 1. The number of carbonyl (C=O) groups is 2. The fourth-order valence-electron chi connectivity index (χ4n) is 4.05. The third kappa shape index (κ3) is 6.16. The average Bonchev–Trinajstić information content (AvgIpc) is 3.11. The van der Waals surface area contributed by atoms with E-state index in [0.29, 0.717) is 33.5 Å². The number of ether oxygens (including phenoxy) is 2. The smallest absolute Gasteiger partial charge is 0.329 e. The molecule has 1 heterocycles. The lowest BCUT2D eigenvalue weighted by molar-refractivity contribution is -0.123. The molecule has 0 aromatic heterocycles. The summed E-state index contributed by atoms with van der Waals surface area (Å²) in [5, 5.41) is 3.73. The number of benzene rings is 3. The van der Waals surface area contributed by atoms with Crippen LogP contribution in [0.15, 0.2) is 72.9 Å². The second-order valence-electron chi connectivity index (χ2n) is 8.60. The number of hydrogen-bond donors (Lipinski definition) is 1. The maximum atomic E-state index is 13.0. The number of allylic oxidation sites excluding steroid dienone is 1. The summed E-state index contributed by atoms with van der Waals surface area (Å²) in [5.41, 5.74) is 4.37. The van der Waals surface area contributed by atoms with E-state index in [4.69, 9.17) is 32.7 Å². The number of rotatable bonds is 9. The van der Waals surface area contributed by atoms with E-state index in [0.717, 1.165) is 22.3 Å². The molecule has 0 atom stereocenters. The van der Waals surface area contributed by atoms with E-state index in [1.54, 1.807) is 36.4 Å². The van der Waals surface area contributed by atoms with Crippen LogP contribution in [-0.4, -0.2) is 23.9 Å². The van der Waals surface area contributed by atoms with Gasteiger partial charge in [-0.3, -0.25) is 9.69 Å². The van der Waals surface area contributed by atoms with Gasteiger partial charge in [-0.2, -0.15) is 0 Å². The molecule has 3 amide bonds. The molecule has 6 nitrogen and oxygen atoms in total. The van der Waals surface area contributed by atoms with Crippen molar-refractivity contribution in [3.05, 3.63) is 111 Å². The summed E-state index contributed by atoms with van der Waals surface area (Å²) in [5.74, 6) is 0.622. The predicted molar refractivity (Wildman–Crippen MR) is 146 cm³/mol. The molecule has 0 unspecified atom stereocenters. The Morgan fingerprint density at radius 3 is 2.57 bits per heavy atom. The fourth-order valence-corrected chi connectivity index (χ4v) is 4.52. The first-order chi connectivity index (χ1) is 17.8. The second kappa shape index (κ2) is 11.5. The first kappa shape index (κ1) is 26.3. The van der Waals surface area contributed by atoms with E-state index >= 15 is 0 Å². The molecule has 1 N–H and O–H groups in total. The van der Waals surface area contributed by atoms with Gasteiger partial charge in [-0.25, -0.2) is 4.79 Å². The first-order valence-electron chi connectivity index (χ1n) is 11.6. The summed E-state index contributed by atoms with van der Waals surface area (Å²) in [6.45, 7) is 6.20. The number of aryl methyl sites for hydroxylation is 1. The van der Waals surface area contributed by atoms with Crippen LogP contribution in [0.3, 0.4) is 0 Å². The standard InChI is InChI=1S/C29H26Cl2N2O4/c1-4-6-21-12-20(14-26(36-3)27(21)37-17-22-9-10-23(30)15-24(22)31)13-25-28(34)33(29(35)32-25)16-19-8-5-7-18(2)11-19/h4-5,7-15H,1,6,16-17H2,2-3H3,(H,32,35)/b25-13+. The Labute approximate surface area is 226 Å². The van der Waals surface area contributed by atoms with Crippen molar-refractivity contribution in [1.82, 2.24) is 10.2 Å². The normalized spacial score (nSPS) is 14.2. The third-order valence-electron chi connectivity index (χ3n) is 5.82.